The Morgan fingerprint density at radius 2 is 1.67 bits per heavy atom. The van der Waals surface area contributed by atoms with Crippen molar-refractivity contribution in [1.29, 1.82) is 0 Å². The Balaban J connectivity index is 3.19. The van der Waals surface area contributed by atoms with Crippen LogP contribution >= 0.6 is 0 Å². The first-order chi connectivity index (χ1) is 10.7. The molecule has 0 amide bonds. The fraction of sp³-hybridized carbons (Fsp3) is 0.400. The van der Waals surface area contributed by atoms with E-state index in [9.17, 15) is 44.2 Å². The second-order valence-corrected chi connectivity index (χ2v) is 4.34. The summed E-state index contributed by atoms with van der Waals surface area (Å²) in [4.78, 5) is 11.1. The molecular formula is C10H7BF9NO3. The van der Waals surface area contributed by atoms with Crippen LogP contribution in [0.4, 0.5) is 39.4 Å². The van der Waals surface area contributed by atoms with Crippen LogP contribution in [0.1, 0.15) is 10.4 Å². The van der Waals surface area contributed by atoms with Gasteiger partial charge in [-0.25, -0.2) is 13.6 Å². The highest BCUT2D eigenvalue weighted by molar-refractivity contribution is 6.62. The van der Waals surface area contributed by atoms with Crippen molar-refractivity contribution in [2.75, 3.05) is 7.11 Å². The maximum absolute atomic E-state index is 13.3. The van der Waals surface area contributed by atoms with Crippen molar-refractivity contribution < 1.29 is 58.4 Å². The number of esters is 1. The summed E-state index contributed by atoms with van der Waals surface area (Å²) < 4.78 is 121. The number of carbonyl (C=O) groups excluding carboxylic acids is 1. The van der Waals surface area contributed by atoms with Crippen LogP contribution in [0.25, 0.3) is 0 Å². The van der Waals surface area contributed by atoms with Crippen molar-refractivity contribution in [3.05, 3.63) is 30.1 Å². The molecule has 0 aliphatic heterocycles. The van der Waals surface area contributed by atoms with Crippen molar-refractivity contribution in [2.24, 2.45) is 0 Å². The quantitative estimate of drug-likeness (QED) is 0.346. The third-order valence-electron chi connectivity index (χ3n) is 2.65. The average molecular weight is 371 g/mol. The molecule has 0 unspecified atom stereocenters. The molecule has 14 heteroatoms. The van der Waals surface area contributed by atoms with Crippen LogP contribution in [0, 0.1) is 0 Å². The van der Waals surface area contributed by atoms with E-state index in [1.807, 2.05) is 0 Å². The van der Waals surface area contributed by atoms with Crippen molar-refractivity contribution in [3.63, 3.8) is 0 Å². The van der Waals surface area contributed by atoms with Gasteiger partial charge in [-0.15, -0.1) is 0 Å². The van der Waals surface area contributed by atoms with Crippen LogP contribution in [0.2, 0.25) is 0 Å². The molecule has 0 fully saturated rings. The van der Waals surface area contributed by atoms with Crippen LogP contribution in [0.3, 0.4) is 0 Å². The van der Waals surface area contributed by atoms with Crippen LogP contribution in [0.15, 0.2) is 24.5 Å². The molecule has 0 atom stereocenters. The number of rotatable bonds is 5. The number of hydrogen-bond donors (Lipinski definition) is 0. The van der Waals surface area contributed by atoms with E-state index >= 15 is 0 Å². The van der Waals surface area contributed by atoms with E-state index in [4.69, 9.17) is 0 Å². The summed E-state index contributed by atoms with van der Waals surface area (Å²) in [6, 6.07) is 1.76. The highest BCUT2D eigenvalue weighted by Crippen LogP contribution is 2.50. The zero-order valence-corrected chi connectivity index (χ0v) is 11.5. The average Bonchev–Trinajstić information content (AvgIpc) is 2.44. The molecule has 0 aliphatic carbocycles. The third-order valence-corrected chi connectivity index (χ3v) is 2.65. The highest BCUT2D eigenvalue weighted by Gasteiger charge is 2.81. The van der Waals surface area contributed by atoms with Crippen molar-refractivity contribution >= 4 is 12.9 Å². The highest BCUT2D eigenvalue weighted by atomic mass is 19.4. The largest absolute Gasteiger partial charge is 0.632 e. The summed E-state index contributed by atoms with van der Waals surface area (Å²) in [5, 5.41) is 0. The van der Waals surface area contributed by atoms with E-state index in [2.05, 4.69) is 9.49 Å². The smallest absolute Gasteiger partial charge is 0.465 e. The van der Waals surface area contributed by atoms with Crippen molar-refractivity contribution in [3.8, 4) is 0 Å². The minimum atomic E-state index is -7.05. The van der Waals surface area contributed by atoms with Crippen LogP contribution in [-0.2, 0) is 4.74 Å². The van der Waals surface area contributed by atoms with Gasteiger partial charge in [-0.1, -0.05) is 0 Å². The van der Waals surface area contributed by atoms with Crippen molar-refractivity contribution in [2.45, 2.75) is 17.9 Å². The number of hydrogen-bond acceptors (Lipinski definition) is 3. The second kappa shape index (κ2) is 6.05. The van der Waals surface area contributed by atoms with E-state index in [-0.39, 0.29) is 4.73 Å². The number of nitrogens with zero attached hydrogens (tertiary/aromatic N) is 1. The molecular weight excluding hydrogens is 364 g/mol. The lowest BCUT2D eigenvalue weighted by Gasteiger charge is -2.35. The standard InChI is InChI=1S/C10H7BF9NO3/c1-23-7(22)6-3-2-4-21(5-6)24-11(19,20)9(14,15)8(12,13)10(16,17)18/h2-5H,1H3. The minimum absolute atomic E-state index is 0.299. The van der Waals surface area contributed by atoms with E-state index in [1.165, 1.54) is 0 Å². The SMILES string of the molecule is COC(=O)c1ccc[n+](O[B-](F)(F)C(F)(F)C(F)(F)C(F)(F)F)c1. The van der Waals surface area contributed by atoms with Gasteiger partial charge in [-0.3, -0.25) is 0 Å². The maximum Gasteiger partial charge on any atom is 0.632 e. The minimum Gasteiger partial charge on any atom is -0.465 e. The number of aromatic nitrogens is 1. The van der Waals surface area contributed by atoms with Crippen LogP contribution < -0.4 is 9.49 Å². The Hall–Kier alpha value is -2.15. The summed E-state index contributed by atoms with van der Waals surface area (Å²) >= 11 is 0. The summed E-state index contributed by atoms with van der Waals surface area (Å²) in [6.45, 7) is -7.04. The molecule has 0 radical (unpaired) electrons. The van der Waals surface area contributed by atoms with Crippen molar-refractivity contribution in [1.82, 2.24) is 0 Å². The van der Waals surface area contributed by atoms with Gasteiger partial charge in [-0.2, -0.15) is 22.0 Å². The van der Waals surface area contributed by atoms with Crippen LogP contribution in [0.5, 0.6) is 0 Å². The molecule has 0 N–H and O–H groups in total. The Kier molecular flexibility index (Phi) is 5.02. The topological polar surface area (TPSA) is 39.4 Å². The molecule has 0 bridgehead atoms. The molecule has 4 nitrogen and oxygen atoms in total. The van der Waals surface area contributed by atoms with E-state index in [0.29, 0.717) is 12.4 Å². The van der Waals surface area contributed by atoms with Gasteiger partial charge >= 0.3 is 30.8 Å². The molecule has 0 aliphatic rings. The molecule has 136 valence electrons. The summed E-state index contributed by atoms with van der Waals surface area (Å²) in [5.41, 5.74) is -0.516. The van der Waals surface area contributed by atoms with Gasteiger partial charge in [0.15, 0.2) is 0 Å². The number of ether oxygens (including phenoxy) is 1. The maximum atomic E-state index is 13.3. The monoisotopic (exact) mass is 371 g/mol. The van der Waals surface area contributed by atoms with Gasteiger partial charge in [0.1, 0.15) is 5.56 Å². The Morgan fingerprint density at radius 3 is 2.12 bits per heavy atom. The molecule has 1 aromatic rings. The molecule has 0 spiro atoms. The number of alkyl halides is 7. The number of carbonyl (C=O) groups is 1. The zero-order valence-electron chi connectivity index (χ0n) is 11.5. The molecule has 24 heavy (non-hydrogen) atoms. The van der Waals surface area contributed by atoms with Gasteiger partial charge < -0.3 is 18.1 Å². The lowest BCUT2D eigenvalue weighted by molar-refractivity contribution is -0.868. The molecule has 0 saturated carbocycles. The van der Waals surface area contributed by atoms with E-state index in [0.717, 1.165) is 19.2 Å². The van der Waals surface area contributed by atoms with E-state index in [1.54, 1.807) is 0 Å². The fourth-order valence-electron chi connectivity index (χ4n) is 1.38. The normalized spacial score (nSPS) is 13.6. The van der Waals surface area contributed by atoms with Crippen LogP contribution in [-0.4, -0.2) is 37.9 Å². The van der Waals surface area contributed by atoms with Gasteiger partial charge in [-0.05, 0) is 10.8 Å². The Morgan fingerprint density at radius 1 is 1.12 bits per heavy atom. The van der Waals surface area contributed by atoms with E-state index < -0.39 is 36.4 Å². The molecule has 1 aromatic heterocycles. The molecule has 1 heterocycles. The summed E-state index contributed by atoms with van der Waals surface area (Å²) in [6.07, 6.45) is -6.13. The first kappa shape index (κ1) is 19.9. The lowest BCUT2D eigenvalue weighted by atomic mass is 9.73. The predicted octanol–water partition coefficient (Wildman–Crippen LogP) is 2.44. The van der Waals surface area contributed by atoms with Gasteiger partial charge in [0.25, 0.3) is 0 Å². The molecule has 0 aromatic carbocycles. The predicted molar refractivity (Wildman–Crippen MR) is 58.5 cm³/mol. The molecule has 1 rings (SSSR count). The van der Waals surface area contributed by atoms with Gasteiger partial charge in [0, 0.05) is 6.07 Å². The first-order valence-corrected chi connectivity index (χ1v) is 5.79. The zero-order chi connectivity index (χ0) is 19.0. The second-order valence-electron chi connectivity index (χ2n) is 4.34. The van der Waals surface area contributed by atoms with Gasteiger partial charge in [0.2, 0.25) is 12.4 Å². The number of halogens is 9. The fourth-order valence-corrected chi connectivity index (χ4v) is 1.38. The Bertz CT molecular complexity index is 620. The number of pyridine rings is 1. The third kappa shape index (κ3) is 3.36. The Labute approximate surface area is 127 Å². The summed E-state index contributed by atoms with van der Waals surface area (Å²) in [7, 11) is 0.886. The lowest BCUT2D eigenvalue weighted by Crippen LogP contribution is -2.71. The summed E-state index contributed by atoms with van der Waals surface area (Å²) in [5.74, 6) is -15.1. The first-order valence-electron chi connectivity index (χ1n) is 5.79. The number of methoxy groups -OCH3 is 1. The molecule has 0 saturated heterocycles. The van der Waals surface area contributed by atoms with Gasteiger partial charge in [0.05, 0.1) is 7.11 Å².